The van der Waals surface area contributed by atoms with Crippen LogP contribution in [0.15, 0.2) is 16.6 Å². The minimum atomic E-state index is -0.493. The molecule has 2 aromatic rings. The Balaban J connectivity index is 2.33. The number of rotatable bonds is 3. The van der Waals surface area contributed by atoms with Crippen molar-refractivity contribution in [2.75, 3.05) is 29.5 Å². The van der Waals surface area contributed by atoms with Gasteiger partial charge in [0.25, 0.3) is 0 Å². The van der Waals surface area contributed by atoms with Gasteiger partial charge in [-0.05, 0) is 28.4 Å². The minimum Gasteiger partial charge on any atom is -0.491 e. The predicted octanol–water partition coefficient (Wildman–Crippen LogP) is 2.34. The van der Waals surface area contributed by atoms with Crippen LogP contribution >= 0.6 is 15.9 Å². The van der Waals surface area contributed by atoms with Gasteiger partial charge in [0.05, 0.1) is 40.2 Å². The molecule has 0 aromatic heterocycles. The van der Waals surface area contributed by atoms with Crippen LogP contribution in [0, 0.1) is 0 Å². The Morgan fingerprint density at radius 2 is 1.40 bits per heavy atom. The summed E-state index contributed by atoms with van der Waals surface area (Å²) in [6.07, 6.45) is 0.754. The zero-order valence-corrected chi connectivity index (χ0v) is 15.1. The van der Waals surface area contributed by atoms with Gasteiger partial charge < -0.3 is 27.7 Å². The van der Waals surface area contributed by atoms with Crippen LogP contribution in [0.1, 0.15) is 45.2 Å². The molecule has 1 aliphatic carbocycles. The molecule has 0 fully saturated rings. The zero-order valence-electron chi connectivity index (χ0n) is 13.5. The first-order valence-corrected chi connectivity index (χ1v) is 8.40. The monoisotopic (exact) mass is 404 g/mol. The number of benzene rings is 2. The van der Waals surface area contributed by atoms with Gasteiger partial charge in [0.2, 0.25) is 0 Å². The lowest BCUT2D eigenvalue weighted by molar-refractivity contribution is 0.0981. The summed E-state index contributed by atoms with van der Waals surface area (Å²) >= 11 is 3.24. The Bertz CT molecular complexity index is 940. The summed E-state index contributed by atoms with van der Waals surface area (Å²) in [4.78, 5) is 26.0. The molecule has 0 saturated heterocycles. The van der Waals surface area contributed by atoms with Crippen molar-refractivity contribution in [1.82, 2.24) is 0 Å². The van der Waals surface area contributed by atoms with Crippen molar-refractivity contribution in [1.29, 1.82) is 0 Å². The zero-order chi connectivity index (χ0) is 18.5. The summed E-state index contributed by atoms with van der Waals surface area (Å²) in [6, 6.07) is 2.94. The van der Waals surface area contributed by atoms with Crippen LogP contribution in [0.3, 0.4) is 0 Å². The van der Waals surface area contributed by atoms with E-state index in [4.69, 9.17) is 27.7 Å². The number of fused-ring (bicyclic) bond motifs is 2. The highest BCUT2D eigenvalue weighted by molar-refractivity contribution is 9.10. The average molecular weight is 405 g/mol. The normalized spacial score (nSPS) is 12.7. The van der Waals surface area contributed by atoms with E-state index in [0.29, 0.717) is 11.1 Å². The maximum atomic E-state index is 13.0. The van der Waals surface area contributed by atoms with Crippen molar-refractivity contribution in [3.05, 3.63) is 38.9 Å². The van der Waals surface area contributed by atoms with E-state index < -0.39 is 11.6 Å². The van der Waals surface area contributed by atoms with Crippen molar-refractivity contribution in [2.45, 2.75) is 13.3 Å². The number of carbonyl (C=O) groups is 2. The van der Waals surface area contributed by atoms with E-state index in [0.717, 1.165) is 6.42 Å². The highest BCUT2D eigenvalue weighted by Gasteiger charge is 2.38. The highest BCUT2D eigenvalue weighted by atomic mass is 79.9. The summed E-state index contributed by atoms with van der Waals surface area (Å²) in [5.74, 6) is -0.708. The Labute approximate surface area is 152 Å². The molecule has 0 aliphatic heterocycles. The minimum absolute atomic E-state index is 0.0111. The average Bonchev–Trinajstić information content (AvgIpc) is 2.56. The number of carbonyl (C=O) groups excluding carboxylic acids is 2. The van der Waals surface area contributed by atoms with E-state index in [1.54, 1.807) is 0 Å². The van der Waals surface area contributed by atoms with E-state index in [2.05, 4.69) is 15.9 Å². The Kier molecular flexibility index (Phi) is 4.08. The first kappa shape index (κ1) is 17.1. The Morgan fingerprint density at radius 3 is 1.96 bits per heavy atom. The summed E-state index contributed by atoms with van der Waals surface area (Å²) in [5, 5.41) is 0. The Morgan fingerprint density at radius 1 is 0.880 bits per heavy atom. The second-order valence-corrected chi connectivity index (χ2v) is 6.60. The molecule has 0 saturated carbocycles. The summed E-state index contributed by atoms with van der Waals surface area (Å²) in [7, 11) is 0. The molecule has 0 atom stereocenters. The molecule has 0 bridgehead atoms. The van der Waals surface area contributed by atoms with Crippen LogP contribution < -0.4 is 27.7 Å². The van der Waals surface area contributed by atoms with E-state index >= 15 is 0 Å². The van der Waals surface area contributed by atoms with Gasteiger partial charge >= 0.3 is 0 Å². The summed E-state index contributed by atoms with van der Waals surface area (Å²) < 4.78 is 5.98. The molecule has 8 heteroatoms. The number of halogens is 1. The van der Waals surface area contributed by atoms with Crippen molar-refractivity contribution >= 4 is 50.2 Å². The van der Waals surface area contributed by atoms with Crippen molar-refractivity contribution < 1.29 is 14.3 Å². The van der Waals surface area contributed by atoms with Gasteiger partial charge in [0, 0.05) is 21.9 Å². The van der Waals surface area contributed by atoms with Gasteiger partial charge in [-0.1, -0.05) is 6.92 Å². The fourth-order valence-electron chi connectivity index (χ4n) is 2.92. The topological polar surface area (TPSA) is 147 Å². The first-order chi connectivity index (χ1) is 11.8. The fourth-order valence-corrected chi connectivity index (χ4v) is 3.37. The van der Waals surface area contributed by atoms with E-state index in [1.165, 1.54) is 12.1 Å². The van der Waals surface area contributed by atoms with Crippen LogP contribution in [0.2, 0.25) is 0 Å². The number of ether oxygens (including phenoxy) is 1. The molecular weight excluding hydrogens is 388 g/mol. The predicted molar refractivity (Wildman–Crippen MR) is 101 cm³/mol. The molecule has 0 unspecified atom stereocenters. The van der Waals surface area contributed by atoms with Crippen LogP contribution in [0.4, 0.5) is 22.7 Å². The van der Waals surface area contributed by atoms with Gasteiger partial charge in [-0.3, -0.25) is 9.59 Å². The number of ketones is 2. The molecule has 8 N–H and O–H groups in total. The molecule has 2 aromatic carbocycles. The molecule has 0 heterocycles. The molecule has 130 valence electrons. The number of hydrogen-bond donors (Lipinski definition) is 4. The van der Waals surface area contributed by atoms with Crippen LogP contribution in [-0.2, 0) is 0 Å². The smallest absolute Gasteiger partial charge is 0.198 e. The summed E-state index contributed by atoms with van der Waals surface area (Å²) in [6.45, 7) is 2.34. The quantitative estimate of drug-likeness (QED) is 0.489. The van der Waals surface area contributed by atoms with Crippen LogP contribution in [-0.4, -0.2) is 18.2 Å². The second kappa shape index (κ2) is 5.96. The molecule has 0 amide bonds. The maximum absolute atomic E-state index is 13.0. The van der Waals surface area contributed by atoms with Crippen molar-refractivity contribution in [3.63, 3.8) is 0 Å². The molecule has 0 spiro atoms. The lowest BCUT2D eigenvalue weighted by Crippen LogP contribution is -2.26. The molecule has 25 heavy (non-hydrogen) atoms. The third-order valence-electron chi connectivity index (χ3n) is 4.08. The molecule has 1 aliphatic rings. The number of nitrogens with two attached hydrogens (primary N) is 4. The van der Waals surface area contributed by atoms with Gasteiger partial charge in [-0.15, -0.1) is 0 Å². The number of hydrogen-bond acceptors (Lipinski definition) is 7. The molecule has 7 nitrogen and oxygen atoms in total. The van der Waals surface area contributed by atoms with Gasteiger partial charge in [-0.2, -0.15) is 0 Å². The van der Waals surface area contributed by atoms with Crippen molar-refractivity contribution in [3.8, 4) is 5.75 Å². The van der Waals surface area contributed by atoms with Gasteiger partial charge in [0.15, 0.2) is 11.6 Å². The van der Waals surface area contributed by atoms with Crippen molar-refractivity contribution in [2.24, 2.45) is 0 Å². The fraction of sp³-hybridized carbons (Fsp3) is 0.176. The number of nitrogen functional groups attached to an aromatic ring is 4. The molecule has 3 rings (SSSR count). The highest BCUT2D eigenvalue weighted by Crippen LogP contribution is 2.44. The van der Waals surface area contributed by atoms with E-state index in [1.807, 2.05) is 6.92 Å². The lowest BCUT2D eigenvalue weighted by Gasteiger charge is -2.24. The SMILES string of the molecule is CCCOc1cc(N)c2c(c1N)C(=O)c1c(N)cc(Br)c(N)c1C2=O. The third kappa shape index (κ3) is 2.41. The van der Waals surface area contributed by atoms with Crippen LogP contribution in [0.5, 0.6) is 5.75 Å². The largest absolute Gasteiger partial charge is 0.491 e. The van der Waals surface area contributed by atoms with E-state index in [-0.39, 0.29) is 50.8 Å². The van der Waals surface area contributed by atoms with Gasteiger partial charge in [-0.25, -0.2) is 0 Å². The second-order valence-electron chi connectivity index (χ2n) is 5.75. The van der Waals surface area contributed by atoms with E-state index in [9.17, 15) is 9.59 Å². The molecular formula is C17H17BrN4O3. The Hall–Kier alpha value is -2.74. The third-order valence-corrected chi connectivity index (χ3v) is 4.73. The number of anilines is 4. The summed E-state index contributed by atoms with van der Waals surface area (Å²) in [5.41, 5.74) is 24.7. The molecule has 0 radical (unpaired) electrons. The van der Waals surface area contributed by atoms with Crippen LogP contribution in [0.25, 0.3) is 0 Å². The first-order valence-electron chi connectivity index (χ1n) is 7.61. The maximum Gasteiger partial charge on any atom is 0.198 e. The lowest BCUT2D eigenvalue weighted by atomic mass is 9.80. The standard InChI is InChI=1S/C17H17BrN4O3/c1-2-3-25-9-5-8(20)11-13(15(9)22)17(24)10-7(19)4-6(18)14(21)12(10)16(11)23/h4-5H,2-3,19-22H2,1H3. The van der Waals surface area contributed by atoms with Gasteiger partial charge in [0.1, 0.15) is 5.75 Å².